The van der Waals surface area contributed by atoms with E-state index in [1.165, 1.54) is 12.0 Å². The van der Waals surface area contributed by atoms with Crippen LogP contribution in [0.25, 0.3) is 0 Å². The average molecular weight is 297 g/mol. The summed E-state index contributed by atoms with van der Waals surface area (Å²) in [7, 11) is 0. The minimum atomic E-state index is -0.000765. The standard InChI is InChI=1S/C16H24N2O.ClH/c1-12(14-8-4-3-5-9-14)13(2)18-16(19)15-10-6-7-11-17-15;/h3-5,8-9,12-13,15,17H,6-7,10-11H2,1-2H3,(H,18,19);1H. The molecule has 0 aliphatic carbocycles. The van der Waals surface area contributed by atoms with Gasteiger partial charge in [0, 0.05) is 12.0 Å². The highest BCUT2D eigenvalue weighted by molar-refractivity contribution is 5.85. The summed E-state index contributed by atoms with van der Waals surface area (Å²) in [6, 6.07) is 10.5. The van der Waals surface area contributed by atoms with Crippen molar-refractivity contribution >= 4 is 18.3 Å². The number of carbonyl (C=O) groups is 1. The Morgan fingerprint density at radius 2 is 1.95 bits per heavy atom. The molecule has 3 unspecified atom stereocenters. The van der Waals surface area contributed by atoms with Gasteiger partial charge in [-0.15, -0.1) is 12.4 Å². The summed E-state index contributed by atoms with van der Waals surface area (Å²) in [6.45, 7) is 5.20. The molecular weight excluding hydrogens is 272 g/mol. The van der Waals surface area contributed by atoms with Crippen molar-refractivity contribution in [1.29, 1.82) is 0 Å². The Morgan fingerprint density at radius 3 is 2.55 bits per heavy atom. The summed E-state index contributed by atoms with van der Waals surface area (Å²) < 4.78 is 0. The molecule has 20 heavy (non-hydrogen) atoms. The summed E-state index contributed by atoms with van der Waals surface area (Å²) in [5, 5.41) is 6.44. The molecule has 4 heteroatoms. The van der Waals surface area contributed by atoms with Crippen molar-refractivity contribution in [2.45, 2.75) is 51.1 Å². The molecule has 1 saturated heterocycles. The number of hydrogen-bond acceptors (Lipinski definition) is 2. The molecule has 1 aromatic rings. The van der Waals surface area contributed by atoms with Gasteiger partial charge < -0.3 is 10.6 Å². The molecule has 0 saturated carbocycles. The molecule has 1 heterocycles. The van der Waals surface area contributed by atoms with Gasteiger partial charge in [0.15, 0.2) is 0 Å². The monoisotopic (exact) mass is 296 g/mol. The van der Waals surface area contributed by atoms with Gasteiger partial charge in [0.2, 0.25) is 5.91 Å². The van der Waals surface area contributed by atoms with Crippen LogP contribution in [-0.2, 0) is 4.79 Å². The van der Waals surface area contributed by atoms with Gasteiger partial charge in [0.05, 0.1) is 6.04 Å². The molecule has 1 amide bonds. The quantitative estimate of drug-likeness (QED) is 0.897. The molecule has 3 atom stereocenters. The van der Waals surface area contributed by atoms with Gasteiger partial charge in [0.25, 0.3) is 0 Å². The number of halogens is 1. The van der Waals surface area contributed by atoms with E-state index in [0.717, 1.165) is 19.4 Å². The minimum absolute atomic E-state index is 0. The Balaban J connectivity index is 0.00000200. The fraction of sp³-hybridized carbons (Fsp3) is 0.562. The molecule has 0 spiro atoms. The van der Waals surface area contributed by atoms with E-state index in [9.17, 15) is 4.79 Å². The van der Waals surface area contributed by atoms with Crippen LogP contribution in [0.2, 0.25) is 0 Å². The lowest BCUT2D eigenvalue weighted by atomic mass is 9.94. The third-order valence-corrected chi connectivity index (χ3v) is 4.07. The molecule has 1 fully saturated rings. The Labute approximate surface area is 127 Å². The average Bonchev–Trinajstić information content (AvgIpc) is 2.48. The first-order valence-corrected chi connectivity index (χ1v) is 7.27. The number of nitrogens with one attached hydrogen (secondary N) is 2. The Morgan fingerprint density at radius 1 is 1.25 bits per heavy atom. The molecule has 0 radical (unpaired) electrons. The number of piperidine rings is 1. The summed E-state index contributed by atoms with van der Waals surface area (Å²) in [5.74, 6) is 0.476. The molecular formula is C16H25ClN2O. The molecule has 2 rings (SSSR count). The third-order valence-electron chi connectivity index (χ3n) is 4.07. The molecule has 3 nitrogen and oxygen atoms in total. The first kappa shape index (κ1) is 17.0. The van der Waals surface area contributed by atoms with Crippen LogP contribution in [0.5, 0.6) is 0 Å². The van der Waals surface area contributed by atoms with Gasteiger partial charge in [-0.2, -0.15) is 0 Å². The highest BCUT2D eigenvalue weighted by Gasteiger charge is 2.23. The van der Waals surface area contributed by atoms with Gasteiger partial charge >= 0.3 is 0 Å². The highest BCUT2D eigenvalue weighted by Crippen LogP contribution is 2.19. The molecule has 0 aromatic heterocycles. The van der Waals surface area contributed by atoms with Crippen LogP contribution in [0.1, 0.15) is 44.6 Å². The molecule has 112 valence electrons. The van der Waals surface area contributed by atoms with Gasteiger partial charge in [-0.25, -0.2) is 0 Å². The lowest BCUT2D eigenvalue weighted by molar-refractivity contribution is -0.124. The SMILES string of the molecule is CC(NC(=O)C1CCCCN1)C(C)c1ccccc1.Cl. The lowest BCUT2D eigenvalue weighted by Crippen LogP contribution is -2.49. The van der Waals surface area contributed by atoms with Gasteiger partial charge in [-0.1, -0.05) is 43.7 Å². The Hall–Kier alpha value is -1.06. The second kappa shape index (κ2) is 8.28. The van der Waals surface area contributed by atoms with E-state index in [1.807, 2.05) is 18.2 Å². The van der Waals surface area contributed by atoms with Gasteiger partial charge in [-0.05, 0) is 31.9 Å². The Kier molecular flexibility index (Phi) is 7.03. The summed E-state index contributed by atoms with van der Waals surface area (Å²) in [6.07, 6.45) is 3.28. The molecule has 1 aliphatic rings. The zero-order chi connectivity index (χ0) is 13.7. The second-order valence-corrected chi connectivity index (χ2v) is 5.50. The number of hydrogen-bond donors (Lipinski definition) is 2. The zero-order valence-corrected chi connectivity index (χ0v) is 13.1. The van der Waals surface area contributed by atoms with E-state index in [0.29, 0.717) is 5.92 Å². The number of amides is 1. The van der Waals surface area contributed by atoms with Crippen molar-refractivity contribution in [2.75, 3.05) is 6.54 Å². The number of rotatable bonds is 4. The number of benzene rings is 1. The van der Waals surface area contributed by atoms with E-state index in [4.69, 9.17) is 0 Å². The van der Waals surface area contributed by atoms with E-state index in [-0.39, 0.29) is 30.4 Å². The minimum Gasteiger partial charge on any atom is -0.352 e. The molecule has 0 bridgehead atoms. The largest absolute Gasteiger partial charge is 0.352 e. The molecule has 1 aliphatic heterocycles. The molecule has 2 N–H and O–H groups in total. The maximum Gasteiger partial charge on any atom is 0.237 e. The van der Waals surface area contributed by atoms with Gasteiger partial charge in [-0.3, -0.25) is 4.79 Å². The van der Waals surface area contributed by atoms with E-state index in [2.05, 4.69) is 36.6 Å². The predicted octanol–water partition coefficient (Wildman–Crippen LogP) is 2.86. The first-order chi connectivity index (χ1) is 9.18. The number of carbonyl (C=O) groups excluding carboxylic acids is 1. The summed E-state index contributed by atoms with van der Waals surface area (Å²) >= 11 is 0. The van der Waals surface area contributed by atoms with E-state index in [1.54, 1.807) is 0 Å². The van der Waals surface area contributed by atoms with Crippen LogP contribution < -0.4 is 10.6 Å². The van der Waals surface area contributed by atoms with E-state index >= 15 is 0 Å². The maximum absolute atomic E-state index is 12.2. The van der Waals surface area contributed by atoms with Crippen LogP contribution in [0.4, 0.5) is 0 Å². The Bertz CT molecular complexity index is 404. The van der Waals surface area contributed by atoms with Crippen LogP contribution in [0, 0.1) is 0 Å². The highest BCUT2D eigenvalue weighted by atomic mass is 35.5. The van der Waals surface area contributed by atoms with Gasteiger partial charge in [0.1, 0.15) is 0 Å². The van der Waals surface area contributed by atoms with Crippen molar-refractivity contribution < 1.29 is 4.79 Å². The van der Waals surface area contributed by atoms with Crippen LogP contribution in [0.3, 0.4) is 0 Å². The second-order valence-electron chi connectivity index (χ2n) is 5.50. The van der Waals surface area contributed by atoms with Crippen molar-refractivity contribution in [3.8, 4) is 0 Å². The molecule has 1 aromatic carbocycles. The fourth-order valence-electron chi connectivity index (χ4n) is 2.57. The fourth-order valence-corrected chi connectivity index (χ4v) is 2.57. The van der Waals surface area contributed by atoms with E-state index < -0.39 is 0 Å². The van der Waals surface area contributed by atoms with Crippen molar-refractivity contribution in [1.82, 2.24) is 10.6 Å². The predicted molar refractivity (Wildman–Crippen MR) is 85.4 cm³/mol. The third kappa shape index (κ3) is 4.50. The topological polar surface area (TPSA) is 41.1 Å². The lowest BCUT2D eigenvalue weighted by Gasteiger charge is -2.27. The zero-order valence-electron chi connectivity index (χ0n) is 12.3. The van der Waals surface area contributed by atoms with Crippen LogP contribution in [0.15, 0.2) is 30.3 Å². The van der Waals surface area contributed by atoms with Crippen molar-refractivity contribution in [3.63, 3.8) is 0 Å². The smallest absolute Gasteiger partial charge is 0.237 e. The normalized spacial score (nSPS) is 21.4. The van der Waals surface area contributed by atoms with Crippen LogP contribution in [-0.4, -0.2) is 24.5 Å². The maximum atomic E-state index is 12.2. The van der Waals surface area contributed by atoms with Crippen molar-refractivity contribution in [2.24, 2.45) is 0 Å². The van der Waals surface area contributed by atoms with Crippen LogP contribution >= 0.6 is 12.4 Å². The summed E-state index contributed by atoms with van der Waals surface area (Å²) in [5.41, 5.74) is 1.27. The van der Waals surface area contributed by atoms with Crippen molar-refractivity contribution in [3.05, 3.63) is 35.9 Å². The first-order valence-electron chi connectivity index (χ1n) is 7.27. The summed E-state index contributed by atoms with van der Waals surface area (Å²) in [4.78, 5) is 12.2.